The lowest BCUT2D eigenvalue weighted by molar-refractivity contribution is -0.384. The zero-order valence-corrected chi connectivity index (χ0v) is 8.18. The Bertz CT molecular complexity index is 468. The van der Waals surface area contributed by atoms with Gasteiger partial charge in [-0.1, -0.05) is 12.1 Å². The molecule has 0 saturated carbocycles. The minimum absolute atomic E-state index is 0.175. The van der Waals surface area contributed by atoms with Crippen LogP contribution in [0.25, 0.3) is 0 Å². The van der Waals surface area contributed by atoms with Crippen LogP contribution in [0, 0.1) is 10.1 Å². The van der Waals surface area contributed by atoms with Gasteiger partial charge in [0.2, 0.25) is 0 Å². The highest BCUT2D eigenvalue weighted by Gasteiger charge is 2.08. The quantitative estimate of drug-likeness (QED) is 0.470. The molecule has 0 spiro atoms. The van der Waals surface area contributed by atoms with E-state index in [9.17, 15) is 18.5 Å². The summed E-state index contributed by atoms with van der Waals surface area (Å²) in [5.41, 5.74) is 0.105. The van der Waals surface area contributed by atoms with Gasteiger partial charge in [-0.15, -0.1) is 0 Å². The van der Waals surface area contributed by atoms with Gasteiger partial charge in [0.15, 0.2) is 0 Å². The van der Waals surface area contributed by atoms with Crippen molar-refractivity contribution < 1.29 is 22.1 Å². The molecule has 1 rings (SSSR count). The predicted octanol–water partition coefficient (Wildman–Crippen LogP) is 0.914. The van der Waals surface area contributed by atoms with E-state index in [1.165, 1.54) is 18.2 Å². The van der Waals surface area contributed by atoms with E-state index in [2.05, 4.69) is 4.18 Å². The normalized spacial score (nSPS) is 11.3. The van der Waals surface area contributed by atoms with Crippen molar-refractivity contribution in [2.45, 2.75) is 6.61 Å². The van der Waals surface area contributed by atoms with Gasteiger partial charge in [0.25, 0.3) is 5.69 Å². The number of nitro groups is 1. The number of non-ortho nitro benzene ring substituents is 1. The number of hydrogen-bond donors (Lipinski definition) is 1. The van der Waals surface area contributed by atoms with Crippen LogP contribution >= 0.6 is 0 Å². The predicted molar refractivity (Wildman–Crippen MR) is 49.4 cm³/mol. The van der Waals surface area contributed by atoms with Crippen LogP contribution in [-0.2, 0) is 21.2 Å². The summed E-state index contributed by atoms with van der Waals surface area (Å²) in [5, 5.41) is 10.4. The van der Waals surface area contributed by atoms with Crippen LogP contribution in [0.3, 0.4) is 0 Å². The third-order valence-electron chi connectivity index (χ3n) is 1.50. The molecule has 0 aliphatic rings. The first-order valence-corrected chi connectivity index (χ1v) is 5.10. The van der Waals surface area contributed by atoms with Gasteiger partial charge in [0, 0.05) is 12.1 Å². The van der Waals surface area contributed by atoms with Crippen molar-refractivity contribution in [1.82, 2.24) is 0 Å². The average molecular weight is 233 g/mol. The Morgan fingerprint density at radius 2 is 2.13 bits per heavy atom. The van der Waals surface area contributed by atoms with E-state index in [1.807, 2.05) is 0 Å². The second-order valence-electron chi connectivity index (χ2n) is 2.62. The number of nitro benzene ring substituents is 1. The van der Waals surface area contributed by atoms with Crippen LogP contribution in [0.2, 0.25) is 0 Å². The third-order valence-corrected chi connectivity index (χ3v) is 1.91. The Balaban J connectivity index is 2.79. The van der Waals surface area contributed by atoms with Crippen molar-refractivity contribution in [3.05, 3.63) is 39.9 Å². The summed E-state index contributed by atoms with van der Waals surface area (Å²) in [7, 11) is -4.53. The molecular formula is C7H7NO6S. The highest BCUT2D eigenvalue weighted by molar-refractivity contribution is 7.80. The minimum atomic E-state index is -4.53. The molecule has 15 heavy (non-hydrogen) atoms. The van der Waals surface area contributed by atoms with Crippen LogP contribution in [-0.4, -0.2) is 17.9 Å². The molecule has 1 aromatic rings. The molecule has 1 aromatic carbocycles. The van der Waals surface area contributed by atoms with Gasteiger partial charge in [-0.05, 0) is 5.56 Å². The standard InChI is InChI=1S/C7H7NO6S/c9-8(10)7-3-1-2-6(4-7)5-14-15(11,12)13/h1-4H,5H2,(H,11,12,13). The van der Waals surface area contributed by atoms with Crippen molar-refractivity contribution in [2.24, 2.45) is 0 Å². The lowest BCUT2D eigenvalue weighted by Gasteiger charge is -1.99. The fourth-order valence-corrected chi connectivity index (χ4v) is 1.19. The van der Waals surface area contributed by atoms with Gasteiger partial charge in [-0.3, -0.25) is 14.7 Å². The molecule has 7 nitrogen and oxygen atoms in total. The molecule has 0 amide bonds. The first kappa shape index (κ1) is 11.6. The molecule has 0 radical (unpaired) electrons. The average Bonchev–Trinajstić information content (AvgIpc) is 2.14. The number of hydrogen-bond acceptors (Lipinski definition) is 5. The monoisotopic (exact) mass is 233 g/mol. The minimum Gasteiger partial charge on any atom is -0.264 e. The van der Waals surface area contributed by atoms with Gasteiger partial charge in [0.05, 0.1) is 11.5 Å². The molecule has 0 heterocycles. The summed E-state index contributed by atoms with van der Waals surface area (Å²) < 4.78 is 32.8. The highest BCUT2D eigenvalue weighted by atomic mass is 32.3. The van der Waals surface area contributed by atoms with Gasteiger partial charge >= 0.3 is 10.4 Å². The van der Waals surface area contributed by atoms with Crippen LogP contribution in [0.15, 0.2) is 24.3 Å². The molecule has 8 heteroatoms. The van der Waals surface area contributed by atoms with Crippen LogP contribution < -0.4 is 0 Å². The second kappa shape index (κ2) is 4.34. The zero-order chi connectivity index (χ0) is 11.5. The van der Waals surface area contributed by atoms with Crippen LogP contribution in [0.4, 0.5) is 5.69 Å². The van der Waals surface area contributed by atoms with E-state index in [1.54, 1.807) is 0 Å². The van der Waals surface area contributed by atoms with E-state index in [0.717, 1.165) is 6.07 Å². The van der Waals surface area contributed by atoms with Gasteiger partial charge in [-0.25, -0.2) is 4.18 Å². The molecule has 0 aromatic heterocycles. The summed E-state index contributed by atoms with van der Waals surface area (Å²) in [6.45, 7) is -0.444. The molecule has 1 N–H and O–H groups in total. The second-order valence-corrected chi connectivity index (χ2v) is 3.71. The first-order chi connectivity index (χ1) is 6.88. The summed E-state index contributed by atoms with van der Waals surface area (Å²) in [6, 6.07) is 5.25. The fraction of sp³-hybridized carbons (Fsp3) is 0.143. The lowest BCUT2D eigenvalue weighted by Crippen LogP contribution is -2.03. The molecule has 0 saturated heterocycles. The molecule has 0 aliphatic carbocycles. The van der Waals surface area contributed by atoms with Gasteiger partial charge in [-0.2, -0.15) is 8.42 Å². The number of benzene rings is 1. The molecule has 0 atom stereocenters. The van der Waals surface area contributed by atoms with Crippen molar-refractivity contribution in [3.8, 4) is 0 Å². The van der Waals surface area contributed by atoms with Crippen LogP contribution in [0.5, 0.6) is 0 Å². The van der Waals surface area contributed by atoms with E-state index in [0.29, 0.717) is 0 Å². The SMILES string of the molecule is O=[N+]([O-])c1cccc(COS(=O)(=O)O)c1. The Hall–Kier alpha value is -1.51. The van der Waals surface area contributed by atoms with Gasteiger partial charge < -0.3 is 0 Å². The summed E-state index contributed by atoms with van der Waals surface area (Å²) in [5.74, 6) is 0. The summed E-state index contributed by atoms with van der Waals surface area (Å²) >= 11 is 0. The van der Waals surface area contributed by atoms with Crippen LogP contribution in [0.1, 0.15) is 5.56 Å². The topological polar surface area (TPSA) is 107 Å². The van der Waals surface area contributed by atoms with Crippen molar-refractivity contribution >= 4 is 16.1 Å². The summed E-state index contributed by atoms with van der Waals surface area (Å²) in [6.07, 6.45) is 0. The maximum Gasteiger partial charge on any atom is 0.397 e. The smallest absolute Gasteiger partial charge is 0.264 e. The number of rotatable bonds is 4. The lowest BCUT2D eigenvalue weighted by atomic mass is 10.2. The van der Waals surface area contributed by atoms with E-state index < -0.39 is 21.9 Å². The van der Waals surface area contributed by atoms with Crippen molar-refractivity contribution in [1.29, 1.82) is 0 Å². The Morgan fingerprint density at radius 1 is 1.47 bits per heavy atom. The molecule has 0 bridgehead atoms. The number of nitrogens with zero attached hydrogens (tertiary/aromatic N) is 1. The first-order valence-electron chi connectivity index (χ1n) is 3.73. The summed E-state index contributed by atoms with van der Waals surface area (Å²) in [4.78, 5) is 9.74. The van der Waals surface area contributed by atoms with E-state index in [4.69, 9.17) is 4.55 Å². The highest BCUT2D eigenvalue weighted by Crippen LogP contribution is 2.14. The maximum atomic E-state index is 10.4. The Morgan fingerprint density at radius 3 is 2.67 bits per heavy atom. The van der Waals surface area contributed by atoms with Gasteiger partial charge in [0.1, 0.15) is 0 Å². The fourth-order valence-electron chi connectivity index (χ4n) is 0.902. The molecule has 0 aliphatic heterocycles. The van der Waals surface area contributed by atoms with Crippen molar-refractivity contribution in [2.75, 3.05) is 0 Å². The molecule has 0 unspecified atom stereocenters. The molecular weight excluding hydrogens is 226 g/mol. The largest absolute Gasteiger partial charge is 0.397 e. The molecule has 0 fully saturated rings. The van der Waals surface area contributed by atoms with Crippen molar-refractivity contribution in [3.63, 3.8) is 0 Å². The maximum absolute atomic E-state index is 10.4. The third kappa shape index (κ3) is 4.02. The Labute approximate surface area is 85.4 Å². The Kier molecular flexibility index (Phi) is 3.35. The van der Waals surface area contributed by atoms with E-state index in [-0.39, 0.29) is 11.3 Å². The zero-order valence-electron chi connectivity index (χ0n) is 7.36. The van der Waals surface area contributed by atoms with E-state index >= 15 is 0 Å². The molecule has 82 valence electrons.